The predicted octanol–water partition coefficient (Wildman–Crippen LogP) is 4.12. The Hall–Kier alpha value is -0.690. The molecule has 0 saturated carbocycles. The Bertz CT molecular complexity index is 439. The Morgan fingerprint density at radius 3 is 2.61 bits per heavy atom. The molecule has 18 heavy (non-hydrogen) atoms. The molecule has 0 radical (unpaired) electrons. The van der Waals surface area contributed by atoms with Gasteiger partial charge in [-0.25, -0.2) is 4.79 Å². The highest BCUT2D eigenvalue weighted by Crippen LogP contribution is 2.33. The monoisotopic (exact) mass is 386 g/mol. The lowest BCUT2D eigenvalue weighted by Crippen LogP contribution is -2.11. The van der Waals surface area contributed by atoms with Gasteiger partial charge in [0.25, 0.3) is 0 Å². The van der Waals surface area contributed by atoms with Crippen LogP contribution in [-0.4, -0.2) is 19.2 Å². The van der Waals surface area contributed by atoms with E-state index in [4.69, 9.17) is 4.74 Å². The van der Waals surface area contributed by atoms with Gasteiger partial charge in [0, 0.05) is 5.33 Å². The minimum Gasteiger partial charge on any atom is -0.462 e. The minimum absolute atomic E-state index is 0.0269. The first kappa shape index (κ1) is 15.4. The summed E-state index contributed by atoms with van der Waals surface area (Å²) >= 11 is 6.33. The summed E-state index contributed by atoms with van der Waals surface area (Å²) in [7, 11) is 0. The topological polar surface area (TPSA) is 35.5 Å². The second-order valence-electron chi connectivity index (χ2n) is 3.19. The van der Waals surface area contributed by atoms with Crippen LogP contribution in [0.1, 0.15) is 22.8 Å². The van der Waals surface area contributed by atoms with E-state index >= 15 is 0 Å². The van der Waals surface area contributed by atoms with Crippen molar-refractivity contribution < 1.29 is 23.0 Å². The Labute approximate surface area is 120 Å². The predicted molar refractivity (Wildman–Crippen MR) is 69.4 cm³/mol. The van der Waals surface area contributed by atoms with Gasteiger partial charge >= 0.3 is 12.6 Å². The molecule has 0 bridgehead atoms. The summed E-state index contributed by atoms with van der Waals surface area (Å²) < 4.78 is 34.0. The number of carbonyl (C=O) groups is 1. The minimum atomic E-state index is -3.01. The maximum atomic E-state index is 12.3. The van der Waals surface area contributed by atoms with Crippen LogP contribution < -0.4 is 4.74 Å². The lowest BCUT2D eigenvalue weighted by molar-refractivity contribution is -0.0509. The molecule has 0 unspecified atom stereocenters. The molecule has 0 spiro atoms. The first-order valence-electron chi connectivity index (χ1n) is 4.99. The van der Waals surface area contributed by atoms with Gasteiger partial charge in [-0.2, -0.15) is 8.78 Å². The average Bonchev–Trinajstić information content (AvgIpc) is 2.31. The molecule has 0 heterocycles. The van der Waals surface area contributed by atoms with E-state index in [1.54, 1.807) is 13.0 Å². The molecular weight excluding hydrogens is 378 g/mol. The standard InChI is InChI=1S/C11H10Br2F2O3/c1-2-17-10(16)7-3-6(5-12)4-8(13)9(7)18-11(14)15/h3-4,11H,2,5H2,1H3. The molecule has 0 aliphatic rings. The second-order valence-corrected chi connectivity index (χ2v) is 4.60. The van der Waals surface area contributed by atoms with Gasteiger partial charge in [0.2, 0.25) is 0 Å². The van der Waals surface area contributed by atoms with Gasteiger partial charge in [0.1, 0.15) is 5.56 Å². The fourth-order valence-electron chi connectivity index (χ4n) is 1.30. The van der Waals surface area contributed by atoms with Gasteiger partial charge in [0.15, 0.2) is 5.75 Å². The van der Waals surface area contributed by atoms with Gasteiger partial charge in [-0.3, -0.25) is 0 Å². The fraction of sp³-hybridized carbons (Fsp3) is 0.364. The molecule has 1 aromatic carbocycles. The molecule has 1 aromatic rings. The first-order valence-corrected chi connectivity index (χ1v) is 6.91. The number of rotatable bonds is 5. The second kappa shape index (κ2) is 7.04. The smallest absolute Gasteiger partial charge is 0.387 e. The Morgan fingerprint density at radius 1 is 1.44 bits per heavy atom. The zero-order chi connectivity index (χ0) is 13.7. The van der Waals surface area contributed by atoms with E-state index < -0.39 is 12.6 Å². The van der Waals surface area contributed by atoms with Crippen LogP contribution in [0.3, 0.4) is 0 Å². The van der Waals surface area contributed by atoms with Crippen LogP contribution in [-0.2, 0) is 10.1 Å². The van der Waals surface area contributed by atoms with E-state index in [2.05, 4.69) is 36.6 Å². The molecule has 0 saturated heterocycles. The highest BCUT2D eigenvalue weighted by Gasteiger charge is 2.20. The normalized spacial score (nSPS) is 10.6. The summed E-state index contributed by atoms with van der Waals surface area (Å²) in [6.07, 6.45) is 0. The maximum absolute atomic E-state index is 12.3. The Kier molecular flexibility index (Phi) is 6.01. The summed E-state index contributed by atoms with van der Waals surface area (Å²) in [5.74, 6) is -0.912. The summed E-state index contributed by atoms with van der Waals surface area (Å²) in [6, 6.07) is 3.05. The van der Waals surface area contributed by atoms with Crippen LogP contribution in [0.15, 0.2) is 16.6 Å². The van der Waals surface area contributed by atoms with Crippen LogP contribution >= 0.6 is 31.9 Å². The van der Waals surface area contributed by atoms with Crippen molar-refractivity contribution in [3.05, 3.63) is 27.7 Å². The zero-order valence-corrected chi connectivity index (χ0v) is 12.6. The summed E-state index contributed by atoms with van der Waals surface area (Å²) in [5, 5.41) is 0.479. The van der Waals surface area contributed by atoms with Crippen molar-refractivity contribution in [3.8, 4) is 5.75 Å². The number of ether oxygens (including phenoxy) is 2. The average molecular weight is 388 g/mol. The van der Waals surface area contributed by atoms with E-state index in [9.17, 15) is 13.6 Å². The molecule has 100 valence electrons. The molecule has 0 N–H and O–H groups in total. The summed E-state index contributed by atoms with van der Waals surface area (Å²) in [6.45, 7) is -1.22. The van der Waals surface area contributed by atoms with Crippen molar-refractivity contribution in [2.75, 3.05) is 6.61 Å². The van der Waals surface area contributed by atoms with Crippen molar-refractivity contribution in [2.24, 2.45) is 0 Å². The maximum Gasteiger partial charge on any atom is 0.387 e. The van der Waals surface area contributed by atoms with Crippen LogP contribution in [0.5, 0.6) is 5.75 Å². The summed E-state index contributed by atoms with van der Waals surface area (Å²) in [4.78, 5) is 11.7. The quantitative estimate of drug-likeness (QED) is 0.563. The van der Waals surface area contributed by atoms with Crippen molar-refractivity contribution in [1.29, 1.82) is 0 Å². The highest BCUT2D eigenvalue weighted by molar-refractivity contribution is 9.10. The van der Waals surface area contributed by atoms with Crippen molar-refractivity contribution in [3.63, 3.8) is 0 Å². The van der Waals surface area contributed by atoms with Crippen LogP contribution in [0.4, 0.5) is 8.78 Å². The lowest BCUT2D eigenvalue weighted by atomic mass is 10.1. The van der Waals surface area contributed by atoms with E-state index in [-0.39, 0.29) is 22.4 Å². The molecule has 0 amide bonds. The molecule has 0 atom stereocenters. The van der Waals surface area contributed by atoms with Gasteiger partial charge in [0.05, 0.1) is 11.1 Å². The van der Waals surface area contributed by atoms with Gasteiger partial charge in [-0.05, 0) is 40.5 Å². The SMILES string of the molecule is CCOC(=O)c1cc(CBr)cc(Br)c1OC(F)F. The molecule has 3 nitrogen and oxygen atoms in total. The third-order valence-corrected chi connectivity index (χ3v) is 3.20. The number of hydrogen-bond donors (Lipinski definition) is 0. The molecule has 0 aromatic heterocycles. The van der Waals surface area contributed by atoms with Gasteiger partial charge in [-0.1, -0.05) is 15.9 Å². The van der Waals surface area contributed by atoms with Crippen molar-refractivity contribution in [2.45, 2.75) is 18.9 Å². The van der Waals surface area contributed by atoms with Crippen LogP contribution in [0, 0.1) is 0 Å². The molecule has 0 fully saturated rings. The van der Waals surface area contributed by atoms with E-state index in [0.29, 0.717) is 5.33 Å². The number of hydrogen-bond acceptors (Lipinski definition) is 3. The lowest BCUT2D eigenvalue weighted by Gasteiger charge is -2.13. The summed E-state index contributed by atoms with van der Waals surface area (Å²) in [5.41, 5.74) is 0.715. The van der Waals surface area contributed by atoms with E-state index in [1.165, 1.54) is 6.07 Å². The Morgan fingerprint density at radius 2 is 2.11 bits per heavy atom. The molecule has 7 heteroatoms. The largest absolute Gasteiger partial charge is 0.462 e. The van der Waals surface area contributed by atoms with Crippen molar-refractivity contribution >= 4 is 37.8 Å². The zero-order valence-electron chi connectivity index (χ0n) is 9.38. The number of halogens is 4. The molecule has 0 aliphatic heterocycles. The third-order valence-electron chi connectivity index (χ3n) is 1.96. The van der Waals surface area contributed by atoms with Gasteiger partial charge < -0.3 is 9.47 Å². The van der Waals surface area contributed by atoms with E-state index in [0.717, 1.165) is 5.56 Å². The van der Waals surface area contributed by atoms with Crippen LogP contribution in [0.25, 0.3) is 0 Å². The molecular formula is C11H10Br2F2O3. The van der Waals surface area contributed by atoms with Crippen molar-refractivity contribution in [1.82, 2.24) is 0 Å². The number of benzene rings is 1. The molecule has 1 rings (SSSR count). The Balaban J connectivity index is 3.24. The van der Waals surface area contributed by atoms with E-state index in [1.807, 2.05) is 0 Å². The molecule has 0 aliphatic carbocycles. The number of carbonyl (C=O) groups excluding carboxylic acids is 1. The first-order chi connectivity index (χ1) is 8.49. The highest BCUT2D eigenvalue weighted by atomic mass is 79.9. The third kappa shape index (κ3) is 3.91. The number of esters is 1. The fourth-order valence-corrected chi connectivity index (χ4v) is 2.22. The van der Waals surface area contributed by atoms with Crippen LogP contribution in [0.2, 0.25) is 0 Å². The number of alkyl halides is 3. The van der Waals surface area contributed by atoms with Gasteiger partial charge in [-0.15, -0.1) is 0 Å².